The van der Waals surface area contributed by atoms with Gasteiger partial charge in [0.25, 0.3) is 0 Å². The zero-order chi connectivity index (χ0) is 8.55. The molecule has 0 bridgehead atoms. The topological polar surface area (TPSA) is 37.5 Å². The highest BCUT2D eigenvalue weighted by Crippen LogP contribution is 2.14. The summed E-state index contributed by atoms with van der Waals surface area (Å²) < 4.78 is 2.85. The van der Waals surface area contributed by atoms with E-state index in [-0.39, 0.29) is 6.61 Å². The number of aliphatic hydroxyl groups excluding tert-OH is 1. The molecule has 0 unspecified atom stereocenters. The molecule has 0 aliphatic heterocycles. The van der Waals surface area contributed by atoms with Crippen LogP contribution in [0.15, 0.2) is 24.4 Å². The molecule has 0 aliphatic rings. The summed E-state index contributed by atoms with van der Waals surface area (Å²) in [7, 11) is 0. The van der Waals surface area contributed by atoms with Gasteiger partial charge in [-0.25, -0.2) is 4.52 Å². The van der Waals surface area contributed by atoms with Gasteiger partial charge in [-0.3, -0.25) is 0 Å². The van der Waals surface area contributed by atoms with Crippen molar-refractivity contribution in [2.75, 3.05) is 0 Å². The van der Waals surface area contributed by atoms with Crippen molar-refractivity contribution in [1.29, 1.82) is 0 Å². The van der Waals surface area contributed by atoms with Crippen LogP contribution < -0.4 is 0 Å². The van der Waals surface area contributed by atoms with Crippen molar-refractivity contribution < 1.29 is 5.11 Å². The summed E-state index contributed by atoms with van der Waals surface area (Å²) in [6.07, 6.45) is 1.79. The van der Waals surface area contributed by atoms with Crippen LogP contribution in [0, 0.1) is 3.57 Å². The van der Waals surface area contributed by atoms with Crippen LogP contribution in [-0.4, -0.2) is 14.7 Å². The molecule has 2 aromatic heterocycles. The van der Waals surface area contributed by atoms with Crippen LogP contribution in [0.4, 0.5) is 0 Å². The molecule has 0 saturated heterocycles. The maximum atomic E-state index is 8.98. The first-order valence-electron chi connectivity index (χ1n) is 3.55. The predicted octanol–water partition coefficient (Wildman–Crippen LogP) is 1.43. The Morgan fingerprint density at radius 1 is 1.50 bits per heavy atom. The summed E-state index contributed by atoms with van der Waals surface area (Å²) in [4.78, 5) is 0. The first kappa shape index (κ1) is 8.00. The fourth-order valence-corrected chi connectivity index (χ4v) is 1.69. The van der Waals surface area contributed by atoms with Crippen LogP contribution in [0.5, 0.6) is 0 Å². The molecule has 0 aromatic carbocycles. The van der Waals surface area contributed by atoms with Gasteiger partial charge >= 0.3 is 0 Å². The molecule has 4 heteroatoms. The van der Waals surface area contributed by atoms with Gasteiger partial charge in [0.1, 0.15) is 0 Å². The average Bonchev–Trinajstić information content (AvgIpc) is 2.48. The van der Waals surface area contributed by atoms with Crippen LogP contribution in [0.2, 0.25) is 0 Å². The molecule has 62 valence electrons. The summed E-state index contributed by atoms with van der Waals surface area (Å²) in [5, 5.41) is 13.1. The second kappa shape index (κ2) is 3.02. The van der Waals surface area contributed by atoms with Gasteiger partial charge in [0.05, 0.1) is 27.6 Å². The molecule has 12 heavy (non-hydrogen) atoms. The number of aromatic nitrogens is 2. The Hall–Kier alpha value is -0.620. The van der Waals surface area contributed by atoms with Crippen molar-refractivity contribution in [3.05, 3.63) is 33.7 Å². The highest BCUT2D eigenvalue weighted by molar-refractivity contribution is 14.1. The van der Waals surface area contributed by atoms with E-state index in [0.29, 0.717) is 0 Å². The molecule has 0 aliphatic carbocycles. The molecule has 3 nitrogen and oxygen atoms in total. The van der Waals surface area contributed by atoms with Crippen LogP contribution >= 0.6 is 22.6 Å². The fourth-order valence-electron chi connectivity index (χ4n) is 1.16. The summed E-state index contributed by atoms with van der Waals surface area (Å²) in [6, 6.07) is 5.76. The lowest BCUT2D eigenvalue weighted by molar-refractivity contribution is 0.273. The highest BCUT2D eigenvalue weighted by Gasteiger charge is 2.02. The smallest absolute Gasteiger partial charge is 0.0853 e. The first-order chi connectivity index (χ1) is 5.83. The van der Waals surface area contributed by atoms with Crippen molar-refractivity contribution >= 4 is 28.1 Å². The summed E-state index contributed by atoms with van der Waals surface area (Å²) in [6.45, 7) is 0.0229. The number of halogens is 1. The number of nitrogens with zero attached hydrogens (tertiary/aromatic N) is 2. The second-order valence-corrected chi connectivity index (χ2v) is 3.63. The van der Waals surface area contributed by atoms with Gasteiger partial charge in [-0.05, 0) is 34.7 Å². The van der Waals surface area contributed by atoms with E-state index < -0.39 is 0 Å². The Morgan fingerprint density at radius 2 is 2.33 bits per heavy atom. The van der Waals surface area contributed by atoms with Crippen molar-refractivity contribution in [3.63, 3.8) is 0 Å². The van der Waals surface area contributed by atoms with Crippen LogP contribution in [0.3, 0.4) is 0 Å². The Labute approximate surface area is 83.2 Å². The van der Waals surface area contributed by atoms with Gasteiger partial charge in [0.15, 0.2) is 0 Å². The summed E-state index contributed by atoms with van der Waals surface area (Å²) in [5.41, 5.74) is 1.86. The molecule has 0 fully saturated rings. The van der Waals surface area contributed by atoms with Gasteiger partial charge in [-0.15, -0.1) is 0 Å². The van der Waals surface area contributed by atoms with E-state index in [4.69, 9.17) is 5.11 Å². The maximum Gasteiger partial charge on any atom is 0.0853 e. The molecule has 2 heterocycles. The van der Waals surface area contributed by atoms with Crippen molar-refractivity contribution in [1.82, 2.24) is 9.61 Å². The van der Waals surface area contributed by atoms with E-state index in [1.807, 2.05) is 18.2 Å². The van der Waals surface area contributed by atoms with E-state index >= 15 is 0 Å². The monoisotopic (exact) mass is 274 g/mol. The maximum absolute atomic E-state index is 8.98. The third-order valence-electron chi connectivity index (χ3n) is 1.74. The number of fused-ring (bicyclic) bond motifs is 1. The minimum atomic E-state index is 0.0229. The number of pyridine rings is 1. The van der Waals surface area contributed by atoms with E-state index in [0.717, 1.165) is 14.8 Å². The van der Waals surface area contributed by atoms with Gasteiger partial charge in [0.2, 0.25) is 0 Å². The molecule has 0 saturated carbocycles. The highest BCUT2D eigenvalue weighted by atomic mass is 127. The lowest BCUT2D eigenvalue weighted by Crippen LogP contribution is -1.96. The second-order valence-electron chi connectivity index (χ2n) is 2.46. The molecular formula is C8H7IN2O. The number of aliphatic hydroxyl groups is 1. The van der Waals surface area contributed by atoms with Crippen molar-refractivity contribution in [3.8, 4) is 0 Å². The van der Waals surface area contributed by atoms with E-state index in [2.05, 4.69) is 27.7 Å². The zero-order valence-electron chi connectivity index (χ0n) is 6.24. The van der Waals surface area contributed by atoms with Crippen molar-refractivity contribution in [2.24, 2.45) is 0 Å². The number of hydrogen-bond acceptors (Lipinski definition) is 2. The van der Waals surface area contributed by atoms with Crippen LogP contribution in [0.25, 0.3) is 5.52 Å². The summed E-state index contributed by atoms with van der Waals surface area (Å²) >= 11 is 2.22. The molecule has 2 rings (SSSR count). The molecule has 0 radical (unpaired) electrons. The quantitative estimate of drug-likeness (QED) is 0.799. The molecule has 1 N–H and O–H groups in total. The lowest BCUT2D eigenvalue weighted by atomic mass is 10.3. The van der Waals surface area contributed by atoms with Crippen LogP contribution in [-0.2, 0) is 6.61 Å². The van der Waals surface area contributed by atoms with E-state index in [9.17, 15) is 0 Å². The third-order valence-corrected chi connectivity index (χ3v) is 2.57. The summed E-state index contributed by atoms with van der Waals surface area (Å²) in [5.74, 6) is 0. The van der Waals surface area contributed by atoms with Gasteiger partial charge < -0.3 is 5.11 Å². The normalized spacial score (nSPS) is 10.8. The third kappa shape index (κ3) is 1.11. The Morgan fingerprint density at radius 3 is 3.08 bits per heavy atom. The SMILES string of the molecule is OCc1cccc2c(I)cnn12. The Bertz CT molecular complexity index is 410. The predicted molar refractivity (Wildman–Crippen MR) is 53.8 cm³/mol. The number of rotatable bonds is 1. The number of hydrogen-bond donors (Lipinski definition) is 1. The fraction of sp³-hybridized carbons (Fsp3) is 0.125. The molecule has 0 amide bonds. The van der Waals surface area contributed by atoms with E-state index in [1.54, 1.807) is 10.7 Å². The molecule has 2 aromatic rings. The average molecular weight is 274 g/mol. The molecule has 0 spiro atoms. The van der Waals surface area contributed by atoms with Gasteiger partial charge in [0, 0.05) is 0 Å². The lowest BCUT2D eigenvalue weighted by Gasteiger charge is -1.99. The minimum Gasteiger partial charge on any atom is -0.390 e. The molecule has 0 atom stereocenters. The largest absolute Gasteiger partial charge is 0.390 e. The zero-order valence-corrected chi connectivity index (χ0v) is 8.39. The minimum absolute atomic E-state index is 0.0229. The van der Waals surface area contributed by atoms with Gasteiger partial charge in [-0.2, -0.15) is 5.10 Å². The standard InChI is InChI=1S/C8H7IN2O/c9-7-4-10-11-6(5-12)2-1-3-8(7)11/h1-4,12H,5H2. The van der Waals surface area contributed by atoms with E-state index in [1.165, 1.54) is 0 Å². The van der Waals surface area contributed by atoms with Gasteiger partial charge in [-0.1, -0.05) is 6.07 Å². The van der Waals surface area contributed by atoms with Crippen molar-refractivity contribution in [2.45, 2.75) is 6.61 Å². The Balaban J connectivity index is 2.81. The first-order valence-corrected chi connectivity index (χ1v) is 4.63. The Kier molecular flexibility index (Phi) is 2.02. The molecular weight excluding hydrogens is 267 g/mol. The van der Waals surface area contributed by atoms with Crippen LogP contribution in [0.1, 0.15) is 5.69 Å².